The zero-order valence-corrected chi connectivity index (χ0v) is 13.2. The first-order valence-electron chi connectivity index (χ1n) is 7.06. The third-order valence-electron chi connectivity index (χ3n) is 3.28. The minimum Gasteiger partial charge on any atom is -0.756 e. The summed E-state index contributed by atoms with van der Waals surface area (Å²) in [6.07, 6.45) is -0.451. The van der Waals surface area contributed by atoms with Crippen LogP contribution in [0.1, 0.15) is 16.8 Å². The van der Waals surface area contributed by atoms with E-state index < -0.39 is 19.7 Å². The second kappa shape index (κ2) is 7.53. The number of hydrogen-bond donors (Lipinski definition) is 2. The molecule has 0 bridgehead atoms. The smallest absolute Gasteiger partial charge is 0.325 e. The molecule has 1 amide bonds. The highest BCUT2D eigenvalue weighted by molar-refractivity contribution is 7.51. The maximum absolute atomic E-state index is 12.0. The molecule has 2 aromatic carbocycles. The van der Waals surface area contributed by atoms with Crippen LogP contribution < -0.4 is 0 Å². The molecule has 122 valence electrons. The first kappa shape index (κ1) is 17.4. The van der Waals surface area contributed by atoms with Crippen LogP contribution in [0.5, 0.6) is 0 Å². The zero-order valence-electron chi connectivity index (χ0n) is 12.3. The van der Waals surface area contributed by atoms with Crippen LogP contribution in [0.4, 0.5) is 0 Å². The van der Waals surface area contributed by atoms with E-state index in [4.69, 9.17) is 9.79 Å². The number of benzene rings is 2. The van der Waals surface area contributed by atoms with Gasteiger partial charge in [0.15, 0.2) is 0 Å². The first-order valence-corrected chi connectivity index (χ1v) is 8.85. The van der Waals surface area contributed by atoms with Gasteiger partial charge >= 0.3 is 7.60 Å². The van der Waals surface area contributed by atoms with E-state index in [1.54, 1.807) is 24.3 Å². The van der Waals surface area contributed by atoms with Gasteiger partial charge in [-0.15, -0.1) is 0 Å². The SMILES string of the molecule is O=C(c1ccc(-c2ccccc2)cc1)N([O-])CCCP(=O)(O)O. The molecule has 2 rings (SSSR count). The predicted octanol–water partition coefficient (Wildman–Crippen LogP) is 2.86. The molecule has 0 spiro atoms. The van der Waals surface area contributed by atoms with E-state index in [1.807, 2.05) is 30.3 Å². The predicted molar refractivity (Wildman–Crippen MR) is 87.8 cm³/mol. The van der Waals surface area contributed by atoms with Crippen LogP contribution in [0.15, 0.2) is 54.6 Å². The molecule has 0 aliphatic heterocycles. The van der Waals surface area contributed by atoms with Crippen LogP contribution in [-0.2, 0) is 4.57 Å². The fraction of sp³-hybridized carbons (Fsp3) is 0.188. The van der Waals surface area contributed by atoms with Gasteiger partial charge in [-0.3, -0.25) is 9.36 Å². The quantitative estimate of drug-likeness (QED) is 0.625. The molecule has 0 aliphatic carbocycles. The van der Waals surface area contributed by atoms with Crippen LogP contribution in [0.3, 0.4) is 0 Å². The van der Waals surface area contributed by atoms with Crippen molar-refractivity contribution >= 4 is 13.5 Å². The molecular weight excluding hydrogens is 317 g/mol. The number of rotatable bonds is 6. The largest absolute Gasteiger partial charge is 0.756 e. The summed E-state index contributed by atoms with van der Waals surface area (Å²) >= 11 is 0. The molecule has 7 heteroatoms. The highest BCUT2D eigenvalue weighted by atomic mass is 31.2. The fourth-order valence-corrected chi connectivity index (χ4v) is 2.66. The average Bonchev–Trinajstić information content (AvgIpc) is 2.54. The summed E-state index contributed by atoms with van der Waals surface area (Å²) < 4.78 is 10.7. The summed E-state index contributed by atoms with van der Waals surface area (Å²) in [6.45, 7) is -0.246. The lowest BCUT2D eigenvalue weighted by molar-refractivity contribution is 0.0822. The van der Waals surface area contributed by atoms with Gasteiger partial charge in [-0.05, 0) is 29.7 Å². The number of hydroxylamine groups is 2. The normalized spacial score (nSPS) is 11.3. The van der Waals surface area contributed by atoms with Crippen LogP contribution in [0.2, 0.25) is 0 Å². The van der Waals surface area contributed by atoms with Gasteiger partial charge in [-0.1, -0.05) is 42.5 Å². The molecule has 0 saturated heterocycles. The molecule has 2 aromatic rings. The number of nitrogens with zero attached hydrogens (tertiary/aromatic N) is 1. The number of carbonyl (C=O) groups excluding carboxylic acids is 1. The van der Waals surface area contributed by atoms with E-state index in [1.165, 1.54) is 0 Å². The van der Waals surface area contributed by atoms with Crippen molar-refractivity contribution in [1.82, 2.24) is 5.06 Å². The van der Waals surface area contributed by atoms with Crippen LogP contribution in [0, 0.1) is 5.21 Å². The second-order valence-corrected chi connectivity index (χ2v) is 6.87. The van der Waals surface area contributed by atoms with Crippen molar-refractivity contribution in [2.24, 2.45) is 0 Å². The Hall–Kier alpha value is -1.98. The number of carbonyl (C=O) groups is 1. The lowest BCUT2D eigenvalue weighted by Gasteiger charge is -2.28. The van der Waals surface area contributed by atoms with Gasteiger partial charge in [0.25, 0.3) is 0 Å². The second-order valence-electron chi connectivity index (χ2n) is 5.09. The third kappa shape index (κ3) is 5.30. The van der Waals surface area contributed by atoms with Crippen molar-refractivity contribution in [3.05, 3.63) is 65.4 Å². The maximum atomic E-state index is 12.0. The van der Waals surface area contributed by atoms with E-state index in [0.717, 1.165) is 11.1 Å². The first-order chi connectivity index (χ1) is 10.9. The fourth-order valence-electron chi connectivity index (χ4n) is 2.10. The van der Waals surface area contributed by atoms with E-state index >= 15 is 0 Å². The average molecular weight is 334 g/mol. The molecule has 0 radical (unpaired) electrons. The van der Waals surface area contributed by atoms with Crippen LogP contribution in [-0.4, -0.2) is 33.5 Å². The van der Waals surface area contributed by atoms with Crippen molar-refractivity contribution in [3.8, 4) is 11.1 Å². The highest BCUT2D eigenvalue weighted by Gasteiger charge is 2.13. The van der Waals surface area contributed by atoms with Gasteiger partial charge in [0.1, 0.15) is 0 Å². The van der Waals surface area contributed by atoms with Gasteiger partial charge in [-0.25, -0.2) is 0 Å². The Morgan fingerprint density at radius 3 is 2.13 bits per heavy atom. The van der Waals surface area contributed by atoms with Gasteiger partial charge in [0, 0.05) is 12.1 Å². The Balaban J connectivity index is 1.98. The lowest BCUT2D eigenvalue weighted by Crippen LogP contribution is -2.26. The van der Waals surface area contributed by atoms with Crippen molar-refractivity contribution in [2.45, 2.75) is 6.42 Å². The summed E-state index contributed by atoms with van der Waals surface area (Å²) in [7, 11) is -4.14. The monoisotopic (exact) mass is 334 g/mol. The van der Waals surface area contributed by atoms with E-state index in [0.29, 0.717) is 0 Å². The molecule has 2 N–H and O–H groups in total. The summed E-state index contributed by atoms with van der Waals surface area (Å²) in [6, 6.07) is 16.3. The summed E-state index contributed by atoms with van der Waals surface area (Å²) in [4.78, 5) is 29.4. The Labute approximate surface area is 134 Å². The van der Waals surface area contributed by atoms with Crippen molar-refractivity contribution < 1.29 is 19.1 Å². The molecule has 0 aromatic heterocycles. The van der Waals surface area contributed by atoms with Gasteiger partial charge in [0.05, 0.1) is 6.16 Å². The lowest BCUT2D eigenvalue weighted by atomic mass is 10.0. The molecule has 0 aliphatic rings. The molecule has 0 saturated carbocycles. The Morgan fingerprint density at radius 1 is 1.00 bits per heavy atom. The van der Waals surface area contributed by atoms with Crippen molar-refractivity contribution in [1.29, 1.82) is 0 Å². The minimum atomic E-state index is -4.14. The van der Waals surface area contributed by atoms with E-state index in [9.17, 15) is 14.6 Å². The molecule has 6 nitrogen and oxygen atoms in total. The Kier molecular flexibility index (Phi) is 5.69. The number of hydrogen-bond acceptors (Lipinski definition) is 3. The van der Waals surface area contributed by atoms with E-state index in [-0.39, 0.29) is 23.6 Å². The summed E-state index contributed by atoms with van der Waals surface area (Å²) in [5, 5.41) is 11.9. The summed E-state index contributed by atoms with van der Waals surface area (Å²) in [5.74, 6) is -0.713. The maximum Gasteiger partial charge on any atom is 0.325 e. The molecule has 0 atom stereocenters. The van der Waals surface area contributed by atoms with Gasteiger partial charge in [-0.2, -0.15) is 0 Å². The molecule has 0 fully saturated rings. The molecular formula is C16H17NO5P-. The molecule has 0 unspecified atom stereocenters. The Bertz CT molecular complexity index is 696. The third-order valence-corrected chi connectivity index (χ3v) is 4.17. The van der Waals surface area contributed by atoms with Crippen molar-refractivity contribution in [2.75, 3.05) is 12.7 Å². The van der Waals surface area contributed by atoms with E-state index in [2.05, 4.69) is 0 Å². The van der Waals surface area contributed by atoms with Gasteiger partial charge in [0.2, 0.25) is 5.91 Å². The summed E-state index contributed by atoms with van der Waals surface area (Å²) in [5.41, 5.74) is 2.18. The van der Waals surface area contributed by atoms with Crippen LogP contribution >= 0.6 is 7.60 Å². The van der Waals surface area contributed by atoms with Gasteiger partial charge < -0.3 is 20.1 Å². The molecule has 23 heavy (non-hydrogen) atoms. The topological polar surface area (TPSA) is 101 Å². The standard InChI is InChI=1S/C16H17NO5P/c18-16(17(19)11-4-12-23(20,21)22)15-9-7-14(8-10-15)13-5-2-1-3-6-13/h1-3,5-10H,4,11-12H2,(H2,20,21,22)/q-1. The van der Waals surface area contributed by atoms with Crippen molar-refractivity contribution in [3.63, 3.8) is 0 Å². The van der Waals surface area contributed by atoms with Crippen LogP contribution in [0.25, 0.3) is 11.1 Å². The minimum absolute atomic E-state index is 0.0401. The molecule has 0 heterocycles. The Morgan fingerprint density at radius 2 is 1.57 bits per heavy atom. The zero-order chi connectivity index (χ0) is 16.9. The number of amides is 1. The highest BCUT2D eigenvalue weighted by Crippen LogP contribution is 2.34.